The highest BCUT2D eigenvalue weighted by Gasteiger charge is 2.46. The van der Waals surface area contributed by atoms with Gasteiger partial charge in [0.15, 0.2) is 0 Å². The molecular formula is C7H7F2NO2S2. The summed E-state index contributed by atoms with van der Waals surface area (Å²) < 4.78 is 44.2. The number of alkyl halides is 2. The number of nitrogens with two attached hydrogens (primary N) is 1. The number of sulfone groups is 1. The van der Waals surface area contributed by atoms with E-state index in [1.165, 1.54) is 18.2 Å². The van der Waals surface area contributed by atoms with Gasteiger partial charge >= 0.3 is 4.59 Å². The molecule has 0 amide bonds. The molecule has 1 aromatic rings. The van der Waals surface area contributed by atoms with Crippen molar-refractivity contribution in [2.24, 2.45) is 5.14 Å². The Bertz CT molecular complexity index is 405. The van der Waals surface area contributed by atoms with Gasteiger partial charge in [-0.1, -0.05) is 18.2 Å². The number of halogens is 2. The second-order valence-electron chi connectivity index (χ2n) is 2.40. The van der Waals surface area contributed by atoms with Crippen molar-refractivity contribution >= 4 is 21.8 Å². The van der Waals surface area contributed by atoms with Crippen LogP contribution in [0.1, 0.15) is 0 Å². The Kier molecular flexibility index (Phi) is 3.13. The van der Waals surface area contributed by atoms with Crippen LogP contribution < -0.4 is 5.14 Å². The van der Waals surface area contributed by atoms with Crippen LogP contribution in [0, 0.1) is 0 Å². The average molecular weight is 239 g/mol. The van der Waals surface area contributed by atoms with E-state index in [0.717, 1.165) is 12.1 Å². The van der Waals surface area contributed by atoms with Crippen molar-refractivity contribution in [2.75, 3.05) is 0 Å². The maximum atomic E-state index is 12.9. The molecule has 0 aliphatic carbocycles. The number of benzene rings is 1. The van der Waals surface area contributed by atoms with E-state index in [2.05, 4.69) is 5.14 Å². The molecule has 1 rings (SSSR count). The van der Waals surface area contributed by atoms with E-state index in [4.69, 9.17) is 0 Å². The van der Waals surface area contributed by atoms with Gasteiger partial charge in [-0.25, -0.2) is 8.42 Å². The van der Waals surface area contributed by atoms with Crippen LogP contribution in [-0.2, 0) is 9.84 Å². The van der Waals surface area contributed by atoms with Gasteiger partial charge in [-0.05, 0) is 12.1 Å². The van der Waals surface area contributed by atoms with Crippen LogP contribution in [-0.4, -0.2) is 13.0 Å². The fourth-order valence-electron chi connectivity index (χ4n) is 0.800. The quantitative estimate of drug-likeness (QED) is 0.814. The number of rotatable bonds is 3. The minimum Gasteiger partial charge on any atom is -0.272 e. The summed E-state index contributed by atoms with van der Waals surface area (Å²) in [5, 5.41) is 4.62. The van der Waals surface area contributed by atoms with Crippen LogP contribution in [0.4, 0.5) is 8.78 Å². The highest BCUT2D eigenvalue weighted by atomic mass is 32.3. The SMILES string of the molecule is NSC(F)(F)S(=O)(=O)c1ccccc1. The second-order valence-corrected chi connectivity index (χ2v) is 5.40. The third-order valence-electron chi connectivity index (χ3n) is 1.50. The Morgan fingerprint density at radius 2 is 1.71 bits per heavy atom. The molecule has 3 nitrogen and oxygen atoms in total. The Labute approximate surface area is 84.4 Å². The summed E-state index contributed by atoms with van der Waals surface area (Å²) in [6.07, 6.45) is 0. The van der Waals surface area contributed by atoms with E-state index in [-0.39, 0.29) is 0 Å². The smallest absolute Gasteiger partial charge is 0.272 e. The van der Waals surface area contributed by atoms with E-state index in [1.807, 2.05) is 0 Å². The summed E-state index contributed by atoms with van der Waals surface area (Å²) in [6.45, 7) is 0. The average Bonchev–Trinajstić information content (AvgIpc) is 2.19. The molecule has 0 bridgehead atoms. The van der Waals surface area contributed by atoms with Crippen molar-refractivity contribution in [1.29, 1.82) is 0 Å². The topological polar surface area (TPSA) is 60.2 Å². The van der Waals surface area contributed by atoms with E-state index >= 15 is 0 Å². The van der Waals surface area contributed by atoms with E-state index in [1.54, 1.807) is 0 Å². The molecule has 78 valence electrons. The largest absolute Gasteiger partial charge is 0.410 e. The molecule has 0 spiro atoms. The minimum absolute atomic E-state index is 0.442. The van der Waals surface area contributed by atoms with Crippen molar-refractivity contribution in [3.8, 4) is 0 Å². The molecule has 0 aliphatic rings. The lowest BCUT2D eigenvalue weighted by Gasteiger charge is -2.13. The van der Waals surface area contributed by atoms with Gasteiger partial charge in [0.2, 0.25) is 0 Å². The van der Waals surface area contributed by atoms with Crippen LogP contribution >= 0.6 is 11.9 Å². The Hall–Kier alpha value is -0.660. The molecule has 0 heterocycles. The first-order valence-corrected chi connectivity index (χ1v) is 5.83. The van der Waals surface area contributed by atoms with Crippen LogP contribution in [0.3, 0.4) is 0 Å². The van der Waals surface area contributed by atoms with Crippen molar-refractivity contribution in [1.82, 2.24) is 0 Å². The fourth-order valence-corrected chi connectivity index (χ4v) is 2.39. The molecule has 0 aliphatic heterocycles. The highest BCUT2D eigenvalue weighted by Crippen LogP contribution is 2.35. The van der Waals surface area contributed by atoms with Gasteiger partial charge in [0.05, 0.1) is 4.90 Å². The lowest BCUT2D eigenvalue weighted by molar-refractivity contribution is 0.195. The van der Waals surface area contributed by atoms with E-state index in [0.29, 0.717) is 0 Å². The number of hydrogen-bond donors (Lipinski definition) is 1. The molecule has 0 fully saturated rings. The monoisotopic (exact) mass is 239 g/mol. The Morgan fingerprint density at radius 1 is 1.21 bits per heavy atom. The maximum Gasteiger partial charge on any atom is 0.410 e. The predicted molar refractivity (Wildman–Crippen MR) is 50.4 cm³/mol. The van der Waals surface area contributed by atoms with Crippen molar-refractivity contribution in [2.45, 2.75) is 9.48 Å². The summed E-state index contributed by atoms with van der Waals surface area (Å²) in [6, 6.07) is 6.46. The third kappa shape index (κ3) is 1.89. The molecule has 0 atom stereocenters. The Balaban J connectivity index is 3.23. The van der Waals surface area contributed by atoms with Gasteiger partial charge in [0, 0.05) is 11.9 Å². The summed E-state index contributed by atoms with van der Waals surface area (Å²) in [5.41, 5.74) is 0. The molecule has 0 unspecified atom stereocenters. The second kappa shape index (κ2) is 3.84. The lowest BCUT2D eigenvalue weighted by atomic mass is 10.4. The zero-order valence-electron chi connectivity index (χ0n) is 6.85. The molecule has 1 aromatic carbocycles. The van der Waals surface area contributed by atoms with Crippen LogP contribution in [0.5, 0.6) is 0 Å². The first kappa shape index (κ1) is 11.4. The maximum absolute atomic E-state index is 12.9. The van der Waals surface area contributed by atoms with Gasteiger partial charge in [0.25, 0.3) is 9.84 Å². The van der Waals surface area contributed by atoms with Crippen molar-refractivity contribution < 1.29 is 17.2 Å². The molecule has 0 aromatic heterocycles. The van der Waals surface area contributed by atoms with Crippen LogP contribution in [0.25, 0.3) is 0 Å². The van der Waals surface area contributed by atoms with Crippen LogP contribution in [0.15, 0.2) is 35.2 Å². The zero-order chi connectivity index (χ0) is 10.8. The number of hydrogen-bond acceptors (Lipinski definition) is 4. The molecule has 0 saturated carbocycles. The fraction of sp³-hybridized carbons (Fsp3) is 0.143. The van der Waals surface area contributed by atoms with E-state index in [9.17, 15) is 17.2 Å². The van der Waals surface area contributed by atoms with Crippen molar-refractivity contribution in [3.05, 3.63) is 30.3 Å². The van der Waals surface area contributed by atoms with Gasteiger partial charge in [0.1, 0.15) is 0 Å². The summed E-state index contributed by atoms with van der Waals surface area (Å²) >= 11 is -0.492. The standard InChI is InChI=1S/C7H7F2NO2S2/c8-7(9,13-10)14(11,12)6-4-2-1-3-5-6/h1-5H,10H2. The van der Waals surface area contributed by atoms with Crippen LogP contribution in [0.2, 0.25) is 0 Å². The minimum atomic E-state index is -4.68. The molecule has 0 radical (unpaired) electrons. The van der Waals surface area contributed by atoms with Gasteiger partial charge in [-0.2, -0.15) is 8.78 Å². The highest BCUT2D eigenvalue weighted by molar-refractivity contribution is 8.12. The third-order valence-corrected chi connectivity index (χ3v) is 4.24. The van der Waals surface area contributed by atoms with Crippen molar-refractivity contribution in [3.63, 3.8) is 0 Å². The summed E-state index contributed by atoms with van der Waals surface area (Å²) in [7, 11) is -4.68. The molecular weight excluding hydrogens is 232 g/mol. The molecule has 14 heavy (non-hydrogen) atoms. The zero-order valence-corrected chi connectivity index (χ0v) is 8.49. The molecule has 0 saturated heterocycles. The Morgan fingerprint density at radius 3 is 2.14 bits per heavy atom. The molecule has 7 heteroatoms. The van der Waals surface area contributed by atoms with Gasteiger partial charge in [-0.15, -0.1) is 0 Å². The normalized spacial score (nSPS) is 12.8. The summed E-state index contributed by atoms with van der Waals surface area (Å²) in [4.78, 5) is -0.442. The lowest BCUT2D eigenvalue weighted by Crippen LogP contribution is -2.26. The van der Waals surface area contributed by atoms with Gasteiger partial charge in [-0.3, -0.25) is 5.14 Å². The molecule has 2 N–H and O–H groups in total. The van der Waals surface area contributed by atoms with Gasteiger partial charge < -0.3 is 0 Å². The predicted octanol–water partition coefficient (Wildman–Crippen LogP) is 1.62. The summed E-state index contributed by atoms with van der Waals surface area (Å²) in [5.74, 6) is 0. The first-order valence-electron chi connectivity index (χ1n) is 3.47. The first-order chi connectivity index (χ1) is 6.42. The van der Waals surface area contributed by atoms with E-state index < -0.39 is 31.3 Å².